The Morgan fingerprint density at radius 3 is 2.92 bits per heavy atom. The van der Waals surface area contributed by atoms with E-state index in [0.29, 0.717) is 11.3 Å². The van der Waals surface area contributed by atoms with Crippen LogP contribution in [0.2, 0.25) is 0 Å². The number of rotatable bonds is 2. The molecular formula is C10H9NO2. The van der Waals surface area contributed by atoms with E-state index in [9.17, 15) is 0 Å². The molecule has 3 nitrogen and oxygen atoms in total. The second kappa shape index (κ2) is 3.08. The van der Waals surface area contributed by atoms with Crippen molar-refractivity contribution in [3.63, 3.8) is 0 Å². The normalized spacial score (nSPS) is 19.2. The molecule has 2 rings (SSSR count). The Kier molecular flexibility index (Phi) is 1.91. The van der Waals surface area contributed by atoms with Crippen molar-refractivity contribution in [3.8, 4) is 11.8 Å². The number of hydrogen-bond donors (Lipinski definition) is 0. The van der Waals surface area contributed by atoms with Gasteiger partial charge in [0.1, 0.15) is 17.9 Å². The van der Waals surface area contributed by atoms with Crippen LogP contribution in [0.3, 0.4) is 0 Å². The summed E-state index contributed by atoms with van der Waals surface area (Å²) in [5.74, 6) is 0.621. The summed E-state index contributed by atoms with van der Waals surface area (Å²) in [6, 6.07) is 7.59. The maximum atomic E-state index is 8.73. The summed E-state index contributed by atoms with van der Waals surface area (Å²) < 4.78 is 10.2. The Hall–Kier alpha value is -1.53. The average molecular weight is 175 g/mol. The molecule has 0 spiro atoms. The van der Waals surface area contributed by atoms with Crippen LogP contribution in [0.4, 0.5) is 0 Å². The van der Waals surface area contributed by atoms with E-state index in [1.54, 1.807) is 13.2 Å². The van der Waals surface area contributed by atoms with Gasteiger partial charge in [0, 0.05) is 0 Å². The van der Waals surface area contributed by atoms with Crippen molar-refractivity contribution in [3.05, 3.63) is 29.3 Å². The van der Waals surface area contributed by atoms with Gasteiger partial charge in [0.15, 0.2) is 0 Å². The number of hydrogen-bond acceptors (Lipinski definition) is 3. The molecule has 1 aliphatic rings. The van der Waals surface area contributed by atoms with Gasteiger partial charge in [-0.1, -0.05) is 6.07 Å². The van der Waals surface area contributed by atoms with Crippen LogP contribution in [0.25, 0.3) is 0 Å². The van der Waals surface area contributed by atoms with Gasteiger partial charge in [-0.3, -0.25) is 0 Å². The Bertz CT molecular complexity index is 364. The lowest BCUT2D eigenvalue weighted by molar-refractivity contribution is 0.404. The number of benzene rings is 1. The van der Waals surface area contributed by atoms with Crippen molar-refractivity contribution in [1.29, 1.82) is 5.26 Å². The molecule has 1 aromatic carbocycles. The van der Waals surface area contributed by atoms with Crippen molar-refractivity contribution < 1.29 is 9.47 Å². The van der Waals surface area contributed by atoms with E-state index >= 15 is 0 Å². The first-order chi connectivity index (χ1) is 6.35. The topological polar surface area (TPSA) is 45.5 Å². The highest BCUT2D eigenvalue weighted by atomic mass is 16.6. The molecular weight excluding hydrogens is 166 g/mol. The van der Waals surface area contributed by atoms with Gasteiger partial charge in [-0.25, -0.2) is 0 Å². The Balaban J connectivity index is 2.38. The van der Waals surface area contributed by atoms with Crippen LogP contribution in [0.5, 0.6) is 5.75 Å². The minimum Gasteiger partial charge on any atom is -0.495 e. The summed E-state index contributed by atoms with van der Waals surface area (Å²) in [5.41, 5.74) is 1.64. The van der Waals surface area contributed by atoms with Gasteiger partial charge >= 0.3 is 0 Å². The van der Waals surface area contributed by atoms with Crippen LogP contribution < -0.4 is 4.74 Å². The van der Waals surface area contributed by atoms with Crippen LogP contribution >= 0.6 is 0 Å². The van der Waals surface area contributed by atoms with Gasteiger partial charge in [-0.2, -0.15) is 5.26 Å². The second-order valence-electron chi connectivity index (χ2n) is 2.89. The third-order valence-corrected chi connectivity index (χ3v) is 2.05. The largest absolute Gasteiger partial charge is 0.495 e. The molecule has 0 N–H and O–H groups in total. The lowest BCUT2D eigenvalue weighted by atomic mass is 10.1. The van der Waals surface area contributed by atoms with Gasteiger partial charge in [0.2, 0.25) is 0 Å². The first-order valence-corrected chi connectivity index (χ1v) is 4.05. The van der Waals surface area contributed by atoms with Crippen LogP contribution in [-0.4, -0.2) is 13.7 Å². The molecule has 0 aliphatic carbocycles. The maximum absolute atomic E-state index is 8.73. The molecule has 0 bridgehead atoms. The molecule has 0 aromatic heterocycles. The minimum atomic E-state index is 0.210. The standard InChI is InChI=1S/C10H9NO2/c1-12-9-4-7(10-6-13-10)2-3-8(9)5-11/h2-4,10H,6H2,1H3. The molecule has 13 heavy (non-hydrogen) atoms. The van der Waals surface area contributed by atoms with Crippen molar-refractivity contribution in [2.24, 2.45) is 0 Å². The van der Waals surface area contributed by atoms with Crippen LogP contribution in [0, 0.1) is 11.3 Å². The molecule has 3 heteroatoms. The van der Waals surface area contributed by atoms with Crippen LogP contribution in [0.15, 0.2) is 18.2 Å². The summed E-state index contributed by atoms with van der Waals surface area (Å²) in [6.07, 6.45) is 0.210. The smallest absolute Gasteiger partial charge is 0.136 e. The van der Waals surface area contributed by atoms with Gasteiger partial charge in [0.25, 0.3) is 0 Å². The Labute approximate surface area is 76.5 Å². The molecule has 1 fully saturated rings. The summed E-state index contributed by atoms with van der Waals surface area (Å²) >= 11 is 0. The third-order valence-electron chi connectivity index (χ3n) is 2.05. The van der Waals surface area contributed by atoms with Crippen LogP contribution in [0.1, 0.15) is 17.2 Å². The van der Waals surface area contributed by atoms with Crippen molar-refractivity contribution in [2.45, 2.75) is 6.10 Å². The highest BCUT2D eigenvalue weighted by Crippen LogP contribution is 2.32. The van der Waals surface area contributed by atoms with Gasteiger partial charge in [0.05, 0.1) is 19.3 Å². The average Bonchev–Trinajstić information content (AvgIpc) is 3.00. The molecule has 1 aromatic rings. The molecule has 0 amide bonds. The fourth-order valence-electron chi connectivity index (χ4n) is 1.24. The highest BCUT2D eigenvalue weighted by molar-refractivity contribution is 5.46. The maximum Gasteiger partial charge on any atom is 0.136 e. The molecule has 0 radical (unpaired) electrons. The molecule has 0 saturated carbocycles. The predicted molar refractivity (Wildman–Crippen MR) is 46.4 cm³/mol. The molecule has 1 saturated heterocycles. The van der Waals surface area contributed by atoms with Crippen LogP contribution in [-0.2, 0) is 4.74 Å². The molecule has 1 unspecified atom stereocenters. The number of epoxide rings is 1. The summed E-state index contributed by atoms with van der Waals surface area (Å²) in [5, 5.41) is 8.73. The Morgan fingerprint density at radius 2 is 2.38 bits per heavy atom. The Morgan fingerprint density at radius 1 is 1.62 bits per heavy atom. The summed E-state index contributed by atoms with van der Waals surface area (Å²) in [7, 11) is 1.56. The lowest BCUT2D eigenvalue weighted by Crippen LogP contribution is -1.90. The number of nitrogens with zero attached hydrogens (tertiary/aromatic N) is 1. The molecule has 1 heterocycles. The van der Waals surface area contributed by atoms with Crippen molar-refractivity contribution >= 4 is 0 Å². The van der Waals surface area contributed by atoms with E-state index in [4.69, 9.17) is 14.7 Å². The predicted octanol–water partition coefficient (Wildman–Crippen LogP) is 1.64. The van der Waals surface area contributed by atoms with E-state index in [2.05, 4.69) is 6.07 Å². The highest BCUT2D eigenvalue weighted by Gasteiger charge is 2.25. The number of ether oxygens (including phenoxy) is 2. The van der Waals surface area contributed by atoms with E-state index in [-0.39, 0.29) is 6.10 Å². The van der Waals surface area contributed by atoms with E-state index in [0.717, 1.165) is 12.2 Å². The van der Waals surface area contributed by atoms with Gasteiger partial charge in [-0.15, -0.1) is 0 Å². The first kappa shape index (κ1) is 8.09. The van der Waals surface area contributed by atoms with Crippen molar-refractivity contribution in [2.75, 3.05) is 13.7 Å². The second-order valence-corrected chi connectivity index (χ2v) is 2.89. The zero-order valence-electron chi connectivity index (χ0n) is 7.28. The summed E-state index contributed by atoms with van der Waals surface area (Å²) in [4.78, 5) is 0. The van der Waals surface area contributed by atoms with Gasteiger partial charge in [-0.05, 0) is 17.7 Å². The van der Waals surface area contributed by atoms with Crippen molar-refractivity contribution in [1.82, 2.24) is 0 Å². The third kappa shape index (κ3) is 1.49. The monoisotopic (exact) mass is 175 g/mol. The molecule has 1 aliphatic heterocycles. The number of methoxy groups -OCH3 is 1. The van der Waals surface area contributed by atoms with E-state index in [1.165, 1.54) is 0 Å². The minimum absolute atomic E-state index is 0.210. The molecule has 66 valence electrons. The van der Waals surface area contributed by atoms with Gasteiger partial charge < -0.3 is 9.47 Å². The zero-order valence-corrected chi connectivity index (χ0v) is 7.28. The number of nitriles is 1. The lowest BCUT2D eigenvalue weighted by Gasteiger charge is -2.03. The quantitative estimate of drug-likeness (QED) is 0.642. The SMILES string of the molecule is COc1cc(C2CO2)ccc1C#N. The van der Waals surface area contributed by atoms with E-state index < -0.39 is 0 Å². The van der Waals surface area contributed by atoms with E-state index in [1.807, 2.05) is 12.1 Å². The summed E-state index contributed by atoms with van der Waals surface area (Å²) in [6.45, 7) is 0.773. The fraction of sp³-hybridized carbons (Fsp3) is 0.300. The first-order valence-electron chi connectivity index (χ1n) is 4.05. The zero-order chi connectivity index (χ0) is 9.26. The molecule has 1 atom stereocenters. The fourth-order valence-corrected chi connectivity index (χ4v) is 1.24.